The van der Waals surface area contributed by atoms with Crippen molar-refractivity contribution in [3.8, 4) is 5.75 Å². The maximum atomic E-state index is 12.0. The van der Waals surface area contributed by atoms with E-state index < -0.39 is 12.0 Å². The van der Waals surface area contributed by atoms with Crippen molar-refractivity contribution in [3.63, 3.8) is 0 Å². The van der Waals surface area contributed by atoms with Gasteiger partial charge in [-0.15, -0.1) is 0 Å². The lowest BCUT2D eigenvalue weighted by Crippen LogP contribution is -2.41. The molecule has 0 saturated carbocycles. The predicted octanol–water partition coefficient (Wildman–Crippen LogP) is 2.09. The van der Waals surface area contributed by atoms with Gasteiger partial charge in [0.1, 0.15) is 6.04 Å². The zero-order valence-corrected chi connectivity index (χ0v) is 11.9. The van der Waals surface area contributed by atoms with Gasteiger partial charge in [0.15, 0.2) is 5.75 Å². The molecule has 0 fully saturated rings. The van der Waals surface area contributed by atoms with E-state index in [-0.39, 0.29) is 12.3 Å². The minimum atomic E-state index is -0.661. The molecule has 112 valence electrons. The molecule has 1 aliphatic rings. The van der Waals surface area contributed by atoms with Crippen LogP contribution in [0.4, 0.5) is 5.69 Å². The Kier molecular flexibility index (Phi) is 4.05. The predicted molar refractivity (Wildman–Crippen MR) is 82.4 cm³/mol. The molecule has 2 aromatic rings. The molecule has 0 bridgehead atoms. The van der Waals surface area contributed by atoms with E-state index in [1.54, 1.807) is 12.1 Å². The fraction of sp³-hybridized carbons (Fsp3) is 0.176. The summed E-state index contributed by atoms with van der Waals surface area (Å²) in [5.41, 5.74) is 1.74. The van der Waals surface area contributed by atoms with E-state index >= 15 is 0 Å². The SMILES string of the molecule is O=C(C[C@@H]1Nc2ccccc2OC1=O)NCc1ccccc1. The first kappa shape index (κ1) is 14.1. The average Bonchev–Trinajstić information content (AvgIpc) is 2.55. The summed E-state index contributed by atoms with van der Waals surface area (Å²) in [6.45, 7) is 0.442. The molecular formula is C17H16N2O3. The third-order valence-corrected chi connectivity index (χ3v) is 3.43. The van der Waals surface area contributed by atoms with Gasteiger partial charge >= 0.3 is 5.97 Å². The van der Waals surface area contributed by atoms with Crippen molar-refractivity contribution in [2.24, 2.45) is 0 Å². The van der Waals surface area contributed by atoms with Gasteiger partial charge in [0.25, 0.3) is 0 Å². The number of nitrogens with one attached hydrogen (secondary N) is 2. The zero-order valence-electron chi connectivity index (χ0n) is 11.9. The second-order valence-electron chi connectivity index (χ2n) is 5.08. The number of hydrogen-bond acceptors (Lipinski definition) is 4. The Hall–Kier alpha value is -2.82. The highest BCUT2D eigenvalue weighted by Gasteiger charge is 2.29. The van der Waals surface area contributed by atoms with Gasteiger partial charge in [0.2, 0.25) is 5.91 Å². The number of anilines is 1. The Labute approximate surface area is 128 Å². The van der Waals surface area contributed by atoms with E-state index in [0.29, 0.717) is 12.3 Å². The van der Waals surface area contributed by atoms with Crippen molar-refractivity contribution in [1.82, 2.24) is 5.32 Å². The number of amides is 1. The fourth-order valence-electron chi connectivity index (χ4n) is 2.29. The van der Waals surface area contributed by atoms with Gasteiger partial charge in [-0.3, -0.25) is 4.79 Å². The van der Waals surface area contributed by atoms with E-state index in [0.717, 1.165) is 11.3 Å². The number of benzene rings is 2. The lowest BCUT2D eigenvalue weighted by Gasteiger charge is -2.25. The molecule has 0 aromatic heterocycles. The smallest absolute Gasteiger partial charge is 0.334 e. The molecule has 1 aliphatic heterocycles. The van der Waals surface area contributed by atoms with Crippen LogP contribution in [0, 0.1) is 0 Å². The zero-order chi connectivity index (χ0) is 15.4. The summed E-state index contributed by atoms with van der Waals surface area (Å²) >= 11 is 0. The molecule has 0 saturated heterocycles. The van der Waals surface area contributed by atoms with E-state index in [4.69, 9.17) is 4.74 Å². The monoisotopic (exact) mass is 296 g/mol. The Morgan fingerprint density at radius 1 is 1.09 bits per heavy atom. The lowest BCUT2D eigenvalue weighted by molar-refractivity contribution is -0.138. The van der Waals surface area contributed by atoms with Crippen LogP contribution in [0.2, 0.25) is 0 Å². The first-order valence-corrected chi connectivity index (χ1v) is 7.10. The van der Waals surface area contributed by atoms with Crippen molar-refractivity contribution in [2.45, 2.75) is 19.0 Å². The van der Waals surface area contributed by atoms with Crippen LogP contribution in [0.25, 0.3) is 0 Å². The van der Waals surface area contributed by atoms with Gasteiger partial charge < -0.3 is 15.4 Å². The molecule has 1 atom stereocenters. The van der Waals surface area contributed by atoms with Crippen LogP contribution in [-0.2, 0) is 16.1 Å². The molecule has 2 aromatic carbocycles. The van der Waals surface area contributed by atoms with Gasteiger partial charge in [-0.2, -0.15) is 0 Å². The molecule has 22 heavy (non-hydrogen) atoms. The summed E-state index contributed by atoms with van der Waals surface area (Å²) in [4.78, 5) is 23.9. The summed E-state index contributed by atoms with van der Waals surface area (Å²) in [6, 6.07) is 16.1. The second kappa shape index (κ2) is 6.30. The second-order valence-corrected chi connectivity index (χ2v) is 5.08. The number of carbonyl (C=O) groups is 2. The van der Waals surface area contributed by atoms with Crippen LogP contribution in [0.5, 0.6) is 5.75 Å². The van der Waals surface area contributed by atoms with Crippen molar-refractivity contribution < 1.29 is 14.3 Å². The molecule has 0 radical (unpaired) electrons. The average molecular weight is 296 g/mol. The normalized spacial score (nSPS) is 16.2. The number of carbonyl (C=O) groups excluding carboxylic acids is 2. The third kappa shape index (κ3) is 3.25. The summed E-state index contributed by atoms with van der Waals surface area (Å²) in [7, 11) is 0. The van der Waals surface area contributed by atoms with Crippen molar-refractivity contribution >= 4 is 17.6 Å². The first-order chi connectivity index (χ1) is 10.7. The van der Waals surface area contributed by atoms with Gasteiger partial charge in [-0.1, -0.05) is 42.5 Å². The number of fused-ring (bicyclic) bond motifs is 1. The lowest BCUT2D eigenvalue weighted by atomic mass is 10.1. The van der Waals surface area contributed by atoms with E-state index in [1.807, 2.05) is 42.5 Å². The van der Waals surface area contributed by atoms with Crippen LogP contribution in [0.3, 0.4) is 0 Å². The fourth-order valence-corrected chi connectivity index (χ4v) is 2.29. The topological polar surface area (TPSA) is 67.4 Å². The van der Waals surface area contributed by atoms with E-state index in [2.05, 4.69) is 10.6 Å². The molecule has 5 heteroatoms. The summed E-state index contributed by atoms with van der Waals surface area (Å²) < 4.78 is 5.23. The molecule has 0 aliphatic carbocycles. The standard InChI is InChI=1S/C17H16N2O3/c20-16(18-11-12-6-2-1-3-7-12)10-14-17(21)22-15-9-5-4-8-13(15)19-14/h1-9,14,19H,10-11H2,(H,18,20)/t14-/m0/s1. The maximum absolute atomic E-state index is 12.0. The number of ether oxygens (including phenoxy) is 1. The van der Waals surface area contributed by atoms with Crippen LogP contribution >= 0.6 is 0 Å². The van der Waals surface area contributed by atoms with Crippen LogP contribution in [0.15, 0.2) is 54.6 Å². The van der Waals surface area contributed by atoms with Crippen molar-refractivity contribution in [2.75, 3.05) is 5.32 Å². The maximum Gasteiger partial charge on any atom is 0.334 e. The highest BCUT2D eigenvalue weighted by atomic mass is 16.5. The molecule has 0 spiro atoms. The molecule has 2 N–H and O–H groups in total. The minimum Gasteiger partial charge on any atom is -0.423 e. The Bertz CT molecular complexity index is 685. The van der Waals surface area contributed by atoms with Crippen molar-refractivity contribution in [1.29, 1.82) is 0 Å². The van der Waals surface area contributed by atoms with Gasteiger partial charge in [-0.25, -0.2) is 4.79 Å². The van der Waals surface area contributed by atoms with Crippen molar-refractivity contribution in [3.05, 3.63) is 60.2 Å². The van der Waals surface area contributed by atoms with Gasteiger partial charge in [0.05, 0.1) is 12.1 Å². The van der Waals surface area contributed by atoms with Gasteiger partial charge in [-0.05, 0) is 17.7 Å². The number of esters is 1. The third-order valence-electron chi connectivity index (χ3n) is 3.43. The van der Waals surface area contributed by atoms with Crippen LogP contribution < -0.4 is 15.4 Å². The van der Waals surface area contributed by atoms with Gasteiger partial charge in [0, 0.05) is 6.54 Å². The molecule has 1 amide bonds. The number of para-hydroxylation sites is 2. The van der Waals surface area contributed by atoms with E-state index in [9.17, 15) is 9.59 Å². The molecule has 1 heterocycles. The number of rotatable bonds is 4. The van der Waals surface area contributed by atoms with E-state index in [1.165, 1.54) is 0 Å². The molecule has 5 nitrogen and oxygen atoms in total. The van der Waals surface area contributed by atoms with Crippen LogP contribution in [0.1, 0.15) is 12.0 Å². The molecule has 3 rings (SSSR count). The first-order valence-electron chi connectivity index (χ1n) is 7.10. The highest BCUT2D eigenvalue weighted by molar-refractivity contribution is 5.91. The Balaban J connectivity index is 1.57. The summed E-state index contributed by atoms with van der Waals surface area (Å²) in [6.07, 6.45) is 0.0417. The molecular weight excluding hydrogens is 280 g/mol. The Morgan fingerprint density at radius 3 is 2.64 bits per heavy atom. The summed E-state index contributed by atoms with van der Waals surface area (Å²) in [5.74, 6) is -0.139. The highest BCUT2D eigenvalue weighted by Crippen LogP contribution is 2.29. The minimum absolute atomic E-state index is 0.0417. The summed E-state index contributed by atoms with van der Waals surface area (Å²) in [5, 5.41) is 5.84. The van der Waals surface area contributed by atoms with Crippen LogP contribution in [-0.4, -0.2) is 17.9 Å². The molecule has 0 unspecified atom stereocenters. The largest absolute Gasteiger partial charge is 0.423 e. The number of hydrogen-bond donors (Lipinski definition) is 2. The Morgan fingerprint density at radius 2 is 1.82 bits per heavy atom. The quantitative estimate of drug-likeness (QED) is 0.669.